The number of nitrogens with two attached hydrogens (primary N) is 1. The van der Waals surface area contributed by atoms with Gasteiger partial charge in [-0.25, -0.2) is 4.79 Å². The second-order valence-corrected chi connectivity index (χ2v) is 8.44. The van der Waals surface area contributed by atoms with E-state index in [0.717, 1.165) is 32.1 Å². The zero-order valence-electron chi connectivity index (χ0n) is 18.2. The summed E-state index contributed by atoms with van der Waals surface area (Å²) in [5.74, 6) is -0.254. The Hall–Kier alpha value is -2.71. The highest BCUT2D eigenvalue weighted by Gasteiger charge is 2.36. The summed E-state index contributed by atoms with van der Waals surface area (Å²) in [4.78, 5) is 28.2. The van der Waals surface area contributed by atoms with Gasteiger partial charge in [0.05, 0.1) is 12.0 Å². The lowest BCUT2D eigenvalue weighted by Crippen LogP contribution is -2.32. The lowest BCUT2D eigenvalue weighted by atomic mass is 9.87. The van der Waals surface area contributed by atoms with E-state index in [1.165, 1.54) is 22.4 Å². The van der Waals surface area contributed by atoms with Gasteiger partial charge in [0.25, 0.3) is 0 Å². The van der Waals surface area contributed by atoms with Gasteiger partial charge in [-0.3, -0.25) is 14.1 Å². The van der Waals surface area contributed by atoms with Crippen LogP contribution in [-0.2, 0) is 25.4 Å². The molecule has 2 heterocycles. The molecular weight excluding hydrogens is 398 g/mol. The van der Waals surface area contributed by atoms with Crippen molar-refractivity contribution >= 4 is 11.8 Å². The molecule has 1 aliphatic rings. The number of aromatic nitrogens is 2. The molecule has 1 saturated heterocycles. The predicted octanol–water partition coefficient (Wildman–Crippen LogP) is 3.42. The molecule has 2 N–H and O–H groups in total. The summed E-state index contributed by atoms with van der Waals surface area (Å²) < 4.78 is 17.6. The predicted molar refractivity (Wildman–Crippen MR) is 116 cm³/mol. The Morgan fingerprint density at radius 3 is 2.68 bits per heavy atom. The smallest absolute Gasteiger partial charge is 0.351 e. The molecule has 0 amide bonds. The van der Waals surface area contributed by atoms with Gasteiger partial charge in [-0.1, -0.05) is 49.6 Å². The molecule has 0 bridgehead atoms. The number of nitrogens with zero attached hydrogens (tertiary/aromatic N) is 2. The summed E-state index contributed by atoms with van der Waals surface area (Å²) in [6, 6.07) is 11.9. The highest BCUT2D eigenvalue weighted by molar-refractivity contribution is 5.75. The summed E-state index contributed by atoms with van der Waals surface area (Å²) >= 11 is 0. The van der Waals surface area contributed by atoms with Crippen LogP contribution >= 0.6 is 0 Å². The highest BCUT2D eigenvalue weighted by Crippen LogP contribution is 2.29. The molecule has 0 radical (unpaired) electrons. The first-order chi connectivity index (χ1) is 14.8. The Balaban J connectivity index is 1.37. The van der Waals surface area contributed by atoms with E-state index in [1.54, 1.807) is 0 Å². The number of carbonyl (C=O) groups excluding carboxylic acids is 1. The number of unbranched alkanes of at least 4 members (excludes halogenated alkanes) is 3. The Morgan fingerprint density at radius 2 is 1.94 bits per heavy atom. The summed E-state index contributed by atoms with van der Waals surface area (Å²) in [5.41, 5.74) is 5.66. The first kappa shape index (κ1) is 23.0. The maximum absolute atomic E-state index is 12.6. The van der Waals surface area contributed by atoms with Crippen molar-refractivity contribution in [1.82, 2.24) is 9.55 Å². The minimum Gasteiger partial charge on any atom is -0.410 e. The van der Waals surface area contributed by atoms with Crippen LogP contribution in [-0.4, -0.2) is 28.6 Å². The van der Waals surface area contributed by atoms with Gasteiger partial charge in [0, 0.05) is 6.20 Å². The molecule has 1 aromatic carbocycles. The van der Waals surface area contributed by atoms with Gasteiger partial charge in [-0.2, -0.15) is 4.98 Å². The van der Waals surface area contributed by atoms with Crippen molar-refractivity contribution in [3.8, 4) is 0 Å². The molecule has 1 aromatic heterocycles. The molecule has 31 heavy (non-hydrogen) atoms. The number of ether oxygens (including phenoxy) is 3. The second kappa shape index (κ2) is 10.5. The Bertz CT molecular complexity index is 913. The van der Waals surface area contributed by atoms with E-state index >= 15 is 0 Å². The molecule has 0 aliphatic carbocycles. The van der Waals surface area contributed by atoms with E-state index < -0.39 is 23.8 Å². The van der Waals surface area contributed by atoms with Crippen LogP contribution in [0.1, 0.15) is 57.7 Å². The van der Waals surface area contributed by atoms with Crippen LogP contribution < -0.4 is 11.4 Å². The minimum atomic E-state index is -1.15. The largest absolute Gasteiger partial charge is 0.410 e. The quantitative estimate of drug-likeness (QED) is 0.456. The third-order valence-corrected chi connectivity index (χ3v) is 5.42. The van der Waals surface area contributed by atoms with Crippen LogP contribution in [0.25, 0.3) is 0 Å². The molecule has 1 fully saturated rings. The van der Waals surface area contributed by atoms with Crippen LogP contribution in [0.2, 0.25) is 0 Å². The number of benzene rings is 1. The van der Waals surface area contributed by atoms with Gasteiger partial charge >= 0.3 is 18.1 Å². The zero-order valence-corrected chi connectivity index (χ0v) is 18.2. The van der Waals surface area contributed by atoms with Crippen molar-refractivity contribution in [3.05, 3.63) is 58.6 Å². The summed E-state index contributed by atoms with van der Waals surface area (Å²) in [6.45, 7) is 2.65. The summed E-state index contributed by atoms with van der Waals surface area (Å²) in [7, 11) is 0. The van der Waals surface area contributed by atoms with Crippen LogP contribution in [0, 0.1) is 5.41 Å². The normalized spacial score (nSPS) is 18.8. The third-order valence-electron chi connectivity index (χ3n) is 5.42. The molecule has 168 valence electrons. The number of esters is 1. The fourth-order valence-electron chi connectivity index (χ4n) is 3.46. The monoisotopic (exact) mass is 429 g/mol. The van der Waals surface area contributed by atoms with E-state index in [0.29, 0.717) is 6.42 Å². The highest BCUT2D eigenvalue weighted by atomic mass is 16.9. The molecule has 2 atom stereocenters. The van der Waals surface area contributed by atoms with E-state index in [9.17, 15) is 9.59 Å². The molecule has 0 spiro atoms. The van der Waals surface area contributed by atoms with Crippen molar-refractivity contribution in [2.24, 2.45) is 5.41 Å². The van der Waals surface area contributed by atoms with Gasteiger partial charge in [0.2, 0.25) is 0 Å². The lowest BCUT2D eigenvalue weighted by Gasteiger charge is -2.24. The average molecular weight is 430 g/mol. The number of hydrogen-bond acceptors (Lipinski definition) is 7. The number of aryl methyl sites for hydroxylation is 1. The van der Waals surface area contributed by atoms with Gasteiger partial charge in [0.15, 0.2) is 6.23 Å². The Labute approximate surface area is 182 Å². The van der Waals surface area contributed by atoms with Crippen molar-refractivity contribution in [2.45, 2.75) is 65.1 Å². The van der Waals surface area contributed by atoms with E-state index in [4.69, 9.17) is 19.9 Å². The van der Waals surface area contributed by atoms with Crippen molar-refractivity contribution in [3.63, 3.8) is 0 Å². The number of nitrogen functional groups attached to an aromatic ring is 1. The maximum atomic E-state index is 12.6. The SMILES string of the molecule is CC(C)(CCCCCCc1ccccc1)C(=O)OC1OCC(n2ccc(N)nc2=O)O1. The second-order valence-electron chi connectivity index (χ2n) is 8.44. The standard InChI is InChI=1S/C23H31N3O5/c1-23(2,14-9-4-3-6-10-17-11-7-5-8-12-17)20(27)31-22-29-16-19(30-22)26-15-13-18(24)25-21(26)28/h5,7-8,11-13,15,19,22H,3-4,6,9-10,14,16H2,1-2H3,(H2,24,25,28). The lowest BCUT2D eigenvalue weighted by molar-refractivity contribution is -0.243. The van der Waals surface area contributed by atoms with E-state index in [2.05, 4.69) is 29.2 Å². The first-order valence-electron chi connectivity index (χ1n) is 10.7. The molecule has 8 heteroatoms. The average Bonchev–Trinajstić information content (AvgIpc) is 3.19. The van der Waals surface area contributed by atoms with Crippen LogP contribution in [0.15, 0.2) is 47.4 Å². The Kier molecular flexibility index (Phi) is 7.81. The molecule has 1 aliphatic heterocycles. The van der Waals surface area contributed by atoms with Gasteiger partial charge in [-0.05, 0) is 44.7 Å². The Morgan fingerprint density at radius 1 is 1.19 bits per heavy atom. The molecule has 3 rings (SSSR count). The summed E-state index contributed by atoms with van der Waals surface area (Å²) in [6.07, 6.45) is 6.83. The number of anilines is 1. The molecular formula is C23H31N3O5. The van der Waals surface area contributed by atoms with Crippen LogP contribution in [0.3, 0.4) is 0 Å². The molecule has 2 unspecified atom stereocenters. The number of hydrogen-bond donors (Lipinski definition) is 1. The molecule has 2 aromatic rings. The van der Waals surface area contributed by atoms with Gasteiger partial charge in [0.1, 0.15) is 5.82 Å². The fraction of sp³-hybridized carbons (Fsp3) is 0.522. The summed E-state index contributed by atoms with van der Waals surface area (Å²) in [5, 5.41) is 0. The first-order valence-corrected chi connectivity index (χ1v) is 10.7. The number of rotatable bonds is 10. The van der Waals surface area contributed by atoms with Gasteiger partial charge in [-0.15, -0.1) is 0 Å². The minimum absolute atomic E-state index is 0.0747. The van der Waals surface area contributed by atoms with Crippen LogP contribution in [0.5, 0.6) is 0 Å². The van der Waals surface area contributed by atoms with Gasteiger partial charge < -0.3 is 15.2 Å². The van der Waals surface area contributed by atoms with E-state index in [-0.39, 0.29) is 18.4 Å². The maximum Gasteiger partial charge on any atom is 0.351 e. The molecule has 0 saturated carbocycles. The topological polar surface area (TPSA) is 106 Å². The number of carbonyl (C=O) groups is 1. The van der Waals surface area contributed by atoms with Crippen molar-refractivity contribution < 1.29 is 19.0 Å². The van der Waals surface area contributed by atoms with Crippen molar-refractivity contribution in [1.29, 1.82) is 0 Å². The van der Waals surface area contributed by atoms with Crippen molar-refractivity contribution in [2.75, 3.05) is 12.3 Å². The van der Waals surface area contributed by atoms with Crippen LogP contribution in [0.4, 0.5) is 5.82 Å². The fourth-order valence-corrected chi connectivity index (χ4v) is 3.46. The third kappa shape index (κ3) is 6.63. The molecule has 8 nitrogen and oxygen atoms in total. The zero-order chi connectivity index (χ0) is 22.3. The van der Waals surface area contributed by atoms with E-state index in [1.807, 2.05) is 19.9 Å².